The molecule has 1 aromatic carbocycles. The number of rotatable bonds is 4. The van der Waals surface area contributed by atoms with E-state index in [0.717, 1.165) is 5.01 Å². The number of hydrogen-bond donors (Lipinski definition) is 1. The second-order valence-electron chi connectivity index (χ2n) is 5.76. The van der Waals surface area contributed by atoms with E-state index in [1.807, 2.05) is 0 Å². The average molecular weight is 379 g/mol. The number of carbonyl (C=O) groups excluding carboxylic acids is 2. The van der Waals surface area contributed by atoms with Gasteiger partial charge in [0.25, 0.3) is 11.8 Å². The Morgan fingerprint density at radius 2 is 1.68 bits per heavy atom. The summed E-state index contributed by atoms with van der Waals surface area (Å²) in [5, 5.41) is 3.25. The normalized spacial score (nSPS) is 14.6. The Labute approximate surface area is 155 Å². The van der Waals surface area contributed by atoms with E-state index in [9.17, 15) is 9.59 Å². The van der Waals surface area contributed by atoms with Gasteiger partial charge in [0.1, 0.15) is 5.69 Å². The van der Waals surface area contributed by atoms with Crippen molar-refractivity contribution in [3.05, 3.63) is 50.9 Å². The van der Waals surface area contributed by atoms with Crippen molar-refractivity contribution in [2.24, 2.45) is 5.73 Å². The van der Waals surface area contributed by atoms with Crippen LogP contribution in [-0.4, -0.2) is 59.3 Å². The van der Waals surface area contributed by atoms with E-state index in [-0.39, 0.29) is 11.8 Å². The van der Waals surface area contributed by atoms with Crippen LogP contribution in [0.25, 0.3) is 0 Å². The summed E-state index contributed by atoms with van der Waals surface area (Å²) in [7, 11) is 0. The number of carbonyl (C=O) groups is 2. The number of halogens is 1. The minimum atomic E-state index is -0.0851. The molecule has 1 aliphatic rings. The van der Waals surface area contributed by atoms with Gasteiger partial charge < -0.3 is 15.5 Å². The Bertz CT molecular complexity index is 754. The molecule has 0 atom stereocenters. The zero-order valence-electron chi connectivity index (χ0n) is 13.7. The van der Waals surface area contributed by atoms with Gasteiger partial charge in [-0.2, -0.15) is 0 Å². The van der Waals surface area contributed by atoms with Crippen LogP contribution in [0.5, 0.6) is 0 Å². The third kappa shape index (κ3) is 4.18. The molecule has 2 heterocycles. The van der Waals surface area contributed by atoms with E-state index in [0.29, 0.717) is 55.4 Å². The topological polar surface area (TPSA) is 79.5 Å². The maximum Gasteiger partial charge on any atom is 0.273 e. The van der Waals surface area contributed by atoms with Gasteiger partial charge in [-0.05, 0) is 30.8 Å². The molecule has 132 valence electrons. The summed E-state index contributed by atoms with van der Waals surface area (Å²) in [5.41, 5.74) is 6.59. The van der Waals surface area contributed by atoms with Gasteiger partial charge in [-0.1, -0.05) is 11.6 Å². The summed E-state index contributed by atoms with van der Waals surface area (Å²) < 4.78 is 0. The van der Waals surface area contributed by atoms with Crippen molar-refractivity contribution in [2.75, 3.05) is 32.7 Å². The summed E-state index contributed by atoms with van der Waals surface area (Å²) in [6.07, 6.45) is 0.682. The van der Waals surface area contributed by atoms with Gasteiger partial charge in [-0.15, -0.1) is 11.3 Å². The summed E-state index contributed by atoms with van der Waals surface area (Å²) in [5.74, 6) is -0.124. The molecule has 2 amide bonds. The average Bonchev–Trinajstić information content (AvgIpc) is 3.10. The summed E-state index contributed by atoms with van der Waals surface area (Å²) in [6.45, 7) is 2.54. The molecule has 2 aromatic rings. The molecular weight excluding hydrogens is 360 g/mol. The van der Waals surface area contributed by atoms with Crippen molar-refractivity contribution in [3.63, 3.8) is 0 Å². The summed E-state index contributed by atoms with van der Waals surface area (Å²) in [6, 6.07) is 6.85. The van der Waals surface area contributed by atoms with Crippen LogP contribution in [0.3, 0.4) is 0 Å². The minimum absolute atomic E-state index is 0.0392. The molecule has 1 aromatic heterocycles. The molecule has 0 radical (unpaired) electrons. The van der Waals surface area contributed by atoms with E-state index < -0.39 is 0 Å². The van der Waals surface area contributed by atoms with Gasteiger partial charge in [0, 0.05) is 48.6 Å². The number of piperazine rings is 1. The molecule has 1 fully saturated rings. The van der Waals surface area contributed by atoms with Crippen molar-refractivity contribution >= 4 is 34.8 Å². The van der Waals surface area contributed by atoms with Crippen LogP contribution < -0.4 is 5.73 Å². The first kappa shape index (κ1) is 17.8. The molecule has 0 aliphatic carbocycles. The van der Waals surface area contributed by atoms with Crippen LogP contribution in [0.2, 0.25) is 5.02 Å². The molecule has 0 unspecified atom stereocenters. The first-order chi connectivity index (χ1) is 12.1. The van der Waals surface area contributed by atoms with Crippen molar-refractivity contribution in [1.82, 2.24) is 14.8 Å². The second-order valence-corrected chi connectivity index (χ2v) is 7.14. The lowest BCUT2D eigenvalue weighted by molar-refractivity contribution is 0.0532. The lowest BCUT2D eigenvalue weighted by atomic mass is 10.2. The Kier molecular flexibility index (Phi) is 5.67. The monoisotopic (exact) mass is 378 g/mol. The van der Waals surface area contributed by atoms with Crippen LogP contribution in [0.1, 0.15) is 25.9 Å². The van der Waals surface area contributed by atoms with Crippen LogP contribution in [-0.2, 0) is 6.42 Å². The number of hydrogen-bond acceptors (Lipinski definition) is 5. The smallest absolute Gasteiger partial charge is 0.273 e. The second kappa shape index (κ2) is 7.95. The van der Waals surface area contributed by atoms with Crippen molar-refractivity contribution < 1.29 is 9.59 Å². The molecule has 8 heteroatoms. The maximum atomic E-state index is 12.5. The highest BCUT2D eigenvalue weighted by molar-refractivity contribution is 7.09. The lowest BCUT2D eigenvalue weighted by Gasteiger charge is -2.34. The van der Waals surface area contributed by atoms with E-state index in [2.05, 4.69) is 4.98 Å². The quantitative estimate of drug-likeness (QED) is 0.881. The Morgan fingerprint density at radius 1 is 1.08 bits per heavy atom. The van der Waals surface area contributed by atoms with Crippen LogP contribution in [0, 0.1) is 0 Å². The third-order valence-corrected chi connectivity index (χ3v) is 5.23. The van der Waals surface area contributed by atoms with Gasteiger partial charge >= 0.3 is 0 Å². The maximum absolute atomic E-state index is 12.5. The fourth-order valence-electron chi connectivity index (χ4n) is 2.70. The Morgan fingerprint density at radius 3 is 2.28 bits per heavy atom. The number of benzene rings is 1. The summed E-state index contributed by atoms with van der Waals surface area (Å²) in [4.78, 5) is 32.9. The molecule has 1 aliphatic heterocycles. The zero-order valence-corrected chi connectivity index (χ0v) is 15.2. The standard InChI is InChI=1S/C17H19ClN4O2S/c18-13-3-1-12(2-4-13)16(23)21-7-9-22(10-8-21)17(24)14-11-25-15(20-14)5-6-19/h1-4,11H,5-10,19H2. The van der Waals surface area contributed by atoms with Gasteiger partial charge in [0.05, 0.1) is 5.01 Å². The zero-order chi connectivity index (χ0) is 17.8. The highest BCUT2D eigenvalue weighted by Gasteiger charge is 2.26. The highest BCUT2D eigenvalue weighted by atomic mass is 35.5. The van der Waals surface area contributed by atoms with Crippen molar-refractivity contribution in [3.8, 4) is 0 Å². The van der Waals surface area contributed by atoms with E-state index in [1.165, 1.54) is 11.3 Å². The first-order valence-electron chi connectivity index (χ1n) is 8.07. The number of nitrogens with zero attached hydrogens (tertiary/aromatic N) is 3. The van der Waals surface area contributed by atoms with Gasteiger partial charge in [-0.25, -0.2) is 4.98 Å². The Balaban J connectivity index is 1.58. The van der Waals surface area contributed by atoms with Gasteiger partial charge in [0.15, 0.2) is 0 Å². The SMILES string of the molecule is NCCc1nc(C(=O)N2CCN(C(=O)c3ccc(Cl)cc3)CC2)cs1. The van der Waals surface area contributed by atoms with E-state index >= 15 is 0 Å². The predicted molar refractivity (Wildman–Crippen MR) is 98.1 cm³/mol. The van der Waals surface area contributed by atoms with Gasteiger partial charge in [-0.3, -0.25) is 9.59 Å². The fourth-order valence-corrected chi connectivity index (χ4v) is 3.61. The highest BCUT2D eigenvalue weighted by Crippen LogP contribution is 2.16. The first-order valence-corrected chi connectivity index (χ1v) is 9.33. The molecule has 1 saturated heterocycles. The van der Waals surface area contributed by atoms with Crippen molar-refractivity contribution in [1.29, 1.82) is 0 Å². The van der Waals surface area contributed by atoms with E-state index in [4.69, 9.17) is 17.3 Å². The number of amides is 2. The minimum Gasteiger partial charge on any atom is -0.335 e. The molecule has 25 heavy (non-hydrogen) atoms. The van der Waals surface area contributed by atoms with Crippen LogP contribution in [0.15, 0.2) is 29.6 Å². The molecular formula is C17H19ClN4O2S. The van der Waals surface area contributed by atoms with Crippen molar-refractivity contribution in [2.45, 2.75) is 6.42 Å². The fraction of sp³-hybridized carbons (Fsp3) is 0.353. The van der Waals surface area contributed by atoms with Gasteiger partial charge in [0.2, 0.25) is 0 Å². The molecule has 6 nitrogen and oxygen atoms in total. The molecule has 2 N–H and O–H groups in total. The number of aromatic nitrogens is 1. The molecule has 0 saturated carbocycles. The molecule has 3 rings (SSSR count). The Hall–Kier alpha value is -1.96. The summed E-state index contributed by atoms with van der Waals surface area (Å²) >= 11 is 7.31. The largest absolute Gasteiger partial charge is 0.335 e. The van der Waals surface area contributed by atoms with Crippen LogP contribution >= 0.6 is 22.9 Å². The van der Waals surface area contributed by atoms with Crippen LogP contribution in [0.4, 0.5) is 0 Å². The lowest BCUT2D eigenvalue weighted by Crippen LogP contribution is -2.50. The molecule has 0 bridgehead atoms. The predicted octanol–water partition coefficient (Wildman–Crippen LogP) is 1.90. The number of nitrogens with two attached hydrogens (primary N) is 1. The van der Waals surface area contributed by atoms with E-state index in [1.54, 1.807) is 39.4 Å². The number of thiazole rings is 1. The molecule has 0 spiro atoms. The third-order valence-electron chi connectivity index (χ3n) is 4.07.